The molecule has 0 aromatic carbocycles. The second kappa shape index (κ2) is 3.27. The van der Waals surface area contributed by atoms with Crippen LogP contribution in [-0.2, 0) is 0 Å². The van der Waals surface area contributed by atoms with E-state index >= 15 is 0 Å². The molecule has 14 heavy (non-hydrogen) atoms. The fourth-order valence-electron chi connectivity index (χ4n) is 1.23. The van der Waals surface area contributed by atoms with E-state index in [-0.39, 0.29) is 5.82 Å². The average Bonchev–Trinajstić information content (AvgIpc) is 2.55. The number of alkyl halides is 2. The summed E-state index contributed by atoms with van der Waals surface area (Å²) >= 11 is 3.29. The maximum Gasteiger partial charge on any atom is 0.297 e. The molecule has 2 heterocycles. The lowest BCUT2D eigenvalue weighted by Crippen LogP contribution is -1.95. The fourth-order valence-corrected chi connectivity index (χ4v) is 1.52. The maximum atomic E-state index is 12.4. The Balaban J connectivity index is 2.77. The van der Waals surface area contributed by atoms with Gasteiger partial charge in [0.2, 0.25) is 5.82 Å². The summed E-state index contributed by atoms with van der Waals surface area (Å²) in [5, 5.41) is 7.14. The van der Waals surface area contributed by atoms with E-state index in [1.54, 1.807) is 13.0 Å². The normalized spacial score (nSPS) is 11.5. The molecule has 0 atom stereocenters. The first-order chi connectivity index (χ1) is 6.61. The van der Waals surface area contributed by atoms with E-state index in [0.29, 0.717) is 5.65 Å². The van der Waals surface area contributed by atoms with Gasteiger partial charge in [0.1, 0.15) is 0 Å². The van der Waals surface area contributed by atoms with Gasteiger partial charge in [-0.1, -0.05) is 15.9 Å². The van der Waals surface area contributed by atoms with E-state index in [1.165, 1.54) is 10.6 Å². The number of aromatic nitrogens is 3. The van der Waals surface area contributed by atoms with Crippen molar-refractivity contribution >= 4 is 21.6 Å². The molecular formula is C8H6BrF2N3. The van der Waals surface area contributed by atoms with Gasteiger partial charge in [-0.15, -0.1) is 10.2 Å². The van der Waals surface area contributed by atoms with Crippen LogP contribution in [-0.4, -0.2) is 14.6 Å². The molecule has 2 aromatic rings. The average molecular weight is 262 g/mol. The highest BCUT2D eigenvalue weighted by atomic mass is 79.9. The van der Waals surface area contributed by atoms with Crippen LogP contribution in [0.25, 0.3) is 5.65 Å². The lowest BCUT2D eigenvalue weighted by Gasteiger charge is -2.01. The molecule has 0 amide bonds. The van der Waals surface area contributed by atoms with Crippen molar-refractivity contribution < 1.29 is 8.78 Å². The molecule has 0 aliphatic heterocycles. The molecule has 0 bridgehead atoms. The molecule has 0 aliphatic carbocycles. The molecule has 6 heteroatoms. The summed E-state index contributed by atoms with van der Waals surface area (Å²) in [6, 6.07) is 1.69. The number of fused-ring (bicyclic) bond motifs is 1. The van der Waals surface area contributed by atoms with Gasteiger partial charge in [0.15, 0.2) is 5.65 Å². The van der Waals surface area contributed by atoms with E-state index < -0.39 is 6.43 Å². The quantitative estimate of drug-likeness (QED) is 0.790. The monoisotopic (exact) mass is 261 g/mol. The van der Waals surface area contributed by atoms with Crippen LogP contribution < -0.4 is 0 Å². The van der Waals surface area contributed by atoms with Crippen molar-refractivity contribution in [2.24, 2.45) is 0 Å². The van der Waals surface area contributed by atoms with E-state index in [4.69, 9.17) is 0 Å². The van der Waals surface area contributed by atoms with E-state index in [9.17, 15) is 8.78 Å². The number of halogens is 3. The Morgan fingerprint density at radius 2 is 2.14 bits per heavy atom. The van der Waals surface area contributed by atoms with Gasteiger partial charge in [-0.05, 0) is 13.0 Å². The number of hydrogen-bond donors (Lipinski definition) is 0. The lowest BCUT2D eigenvalue weighted by molar-refractivity contribution is 0.139. The molecule has 2 aromatic heterocycles. The van der Waals surface area contributed by atoms with Gasteiger partial charge < -0.3 is 0 Å². The first kappa shape index (κ1) is 9.51. The van der Waals surface area contributed by atoms with Crippen molar-refractivity contribution in [1.82, 2.24) is 14.6 Å². The number of nitrogens with zero attached hydrogens (tertiary/aromatic N) is 3. The van der Waals surface area contributed by atoms with Gasteiger partial charge in [-0.2, -0.15) is 0 Å². The van der Waals surface area contributed by atoms with Crippen LogP contribution in [0.15, 0.2) is 16.7 Å². The smallest absolute Gasteiger partial charge is 0.281 e. The highest BCUT2D eigenvalue weighted by molar-refractivity contribution is 9.10. The zero-order valence-electron chi connectivity index (χ0n) is 7.21. The van der Waals surface area contributed by atoms with Crippen LogP contribution in [0.5, 0.6) is 0 Å². The number of hydrogen-bond acceptors (Lipinski definition) is 2. The lowest BCUT2D eigenvalue weighted by atomic mass is 10.3. The third-order valence-corrected chi connectivity index (χ3v) is 2.84. The van der Waals surface area contributed by atoms with Crippen LogP contribution in [0.1, 0.15) is 17.8 Å². The van der Waals surface area contributed by atoms with Crippen molar-refractivity contribution in [3.8, 4) is 0 Å². The fraction of sp³-hybridized carbons (Fsp3) is 0.250. The van der Waals surface area contributed by atoms with E-state index in [1.807, 2.05) is 0 Å². The number of aryl methyl sites for hydroxylation is 1. The number of pyridine rings is 1. The molecule has 0 fully saturated rings. The van der Waals surface area contributed by atoms with Gasteiger partial charge >= 0.3 is 0 Å². The van der Waals surface area contributed by atoms with Gasteiger partial charge in [-0.3, -0.25) is 4.40 Å². The second-order valence-electron chi connectivity index (χ2n) is 2.84. The minimum Gasteiger partial charge on any atom is -0.281 e. The van der Waals surface area contributed by atoms with E-state index in [0.717, 1.165) is 10.0 Å². The molecule has 2 rings (SSSR count). The van der Waals surface area contributed by atoms with Crippen molar-refractivity contribution in [1.29, 1.82) is 0 Å². The Morgan fingerprint density at radius 3 is 2.79 bits per heavy atom. The Labute approximate surface area is 86.9 Å². The van der Waals surface area contributed by atoms with Gasteiger partial charge in [0.25, 0.3) is 6.43 Å². The predicted octanol–water partition coefficient (Wildman–Crippen LogP) is 2.74. The SMILES string of the molecule is Cc1c(Br)ccn2c(C(F)F)nnc12. The number of rotatable bonds is 1. The molecule has 0 unspecified atom stereocenters. The molecule has 0 saturated carbocycles. The van der Waals surface area contributed by atoms with Crippen LogP contribution in [0.2, 0.25) is 0 Å². The van der Waals surface area contributed by atoms with E-state index in [2.05, 4.69) is 26.1 Å². The summed E-state index contributed by atoms with van der Waals surface area (Å²) in [4.78, 5) is 0. The first-order valence-electron chi connectivity index (χ1n) is 3.89. The summed E-state index contributed by atoms with van der Waals surface area (Å²) in [6.07, 6.45) is -1.08. The molecule has 0 saturated heterocycles. The summed E-state index contributed by atoms with van der Waals surface area (Å²) in [6.45, 7) is 1.79. The predicted molar refractivity (Wildman–Crippen MR) is 50.4 cm³/mol. The summed E-state index contributed by atoms with van der Waals surface area (Å²) in [5.74, 6) is -0.324. The zero-order valence-corrected chi connectivity index (χ0v) is 8.79. The molecule has 0 aliphatic rings. The van der Waals surface area contributed by atoms with Crippen LogP contribution >= 0.6 is 15.9 Å². The summed E-state index contributed by atoms with van der Waals surface area (Å²) in [7, 11) is 0. The molecular weight excluding hydrogens is 256 g/mol. The second-order valence-corrected chi connectivity index (χ2v) is 3.70. The minimum atomic E-state index is -2.61. The molecule has 0 spiro atoms. The van der Waals surface area contributed by atoms with Crippen LogP contribution in [0.4, 0.5) is 8.78 Å². The Bertz CT molecular complexity index is 481. The van der Waals surface area contributed by atoms with Crippen LogP contribution in [0.3, 0.4) is 0 Å². The zero-order chi connectivity index (χ0) is 10.3. The van der Waals surface area contributed by atoms with Gasteiger partial charge in [0.05, 0.1) is 0 Å². The Hall–Kier alpha value is -1.04. The molecule has 0 radical (unpaired) electrons. The van der Waals surface area contributed by atoms with Gasteiger partial charge in [-0.25, -0.2) is 8.78 Å². The topological polar surface area (TPSA) is 30.2 Å². The standard InChI is InChI=1S/C8H6BrF2N3/c1-4-5(9)2-3-14-7(4)12-13-8(14)6(10)11/h2-3,6H,1H3. The molecule has 74 valence electrons. The first-order valence-corrected chi connectivity index (χ1v) is 4.68. The highest BCUT2D eigenvalue weighted by Gasteiger charge is 2.16. The van der Waals surface area contributed by atoms with Crippen LogP contribution in [0, 0.1) is 6.92 Å². The largest absolute Gasteiger partial charge is 0.297 e. The highest BCUT2D eigenvalue weighted by Crippen LogP contribution is 2.23. The van der Waals surface area contributed by atoms with Crippen molar-refractivity contribution in [2.45, 2.75) is 13.3 Å². The van der Waals surface area contributed by atoms with Crippen molar-refractivity contribution in [2.75, 3.05) is 0 Å². The maximum absolute atomic E-state index is 12.4. The third kappa shape index (κ3) is 1.30. The summed E-state index contributed by atoms with van der Waals surface area (Å²) in [5.41, 5.74) is 1.25. The van der Waals surface area contributed by atoms with Gasteiger partial charge in [0, 0.05) is 16.2 Å². The van der Waals surface area contributed by atoms with Crippen molar-refractivity contribution in [3.63, 3.8) is 0 Å². The molecule has 0 N–H and O–H groups in total. The minimum absolute atomic E-state index is 0.324. The Morgan fingerprint density at radius 1 is 1.43 bits per heavy atom. The molecule has 3 nitrogen and oxygen atoms in total. The summed E-state index contributed by atoms with van der Waals surface area (Å²) < 4.78 is 27.0. The van der Waals surface area contributed by atoms with Crippen molar-refractivity contribution in [3.05, 3.63) is 28.1 Å². The third-order valence-electron chi connectivity index (χ3n) is 1.98. The Kier molecular flexibility index (Phi) is 2.22.